The van der Waals surface area contributed by atoms with Gasteiger partial charge in [-0.2, -0.15) is 0 Å². The van der Waals surface area contributed by atoms with Crippen LogP contribution in [0.2, 0.25) is 17.3 Å². The van der Waals surface area contributed by atoms with E-state index in [9.17, 15) is 0 Å². The number of pyridine rings is 1. The van der Waals surface area contributed by atoms with Crippen molar-refractivity contribution < 1.29 is 4.57 Å². The molecule has 0 atom stereocenters. The Bertz CT molecular complexity index is 765. The van der Waals surface area contributed by atoms with Gasteiger partial charge in [-0.15, -0.1) is 0 Å². The molecule has 0 aliphatic heterocycles. The summed E-state index contributed by atoms with van der Waals surface area (Å²) in [6.45, 7) is 11.5. The SMILES string of the molecule is CCC(CC)c1ccc(C)c(-c2c[c]([Ge]([CH3])([CH3])[CH3])c(C(C)C)c[n+]2C)c1. The first-order valence-electron chi connectivity index (χ1n) is 10.2. The van der Waals surface area contributed by atoms with E-state index in [1.165, 1.54) is 40.8 Å². The molecule has 0 saturated heterocycles. The van der Waals surface area contributed by atoms with Gasteiger partial charge in [-0.1, -0.05) is 0 Å². The summed E-state index contributed by atoms with van der Waals surface area (Å²) in [4.78, 5) is 0. The second-order valence-corrected chi connectivity index (χ2v) is 19.7. The summed E-state index contributed by atoms with van der Waals surface area (Å²) in [6, 6.07) is 9.63. The number of aromatic nitrogens is 1. The van der Waals surface area contributed by atoms with Gasteiger partial charge in [0, 0.05) is 0 Å². The van der Waals surface area contributed by atoms with Crippen molar-refractivity contribution in [2.75, 3.05) is 0 Å². The average molecular weight is 413 g/mol. The molecule has 2 heteroatoms. The molecule has 2 rings (SSSR count). The van der Waals surface area contributed by atoms with Crippen LogP contribution < -0.4 is 8.96 Å². The Morgan fingerprint density at radius 3 is 2.12 bits per heavy atom. The fourth-order valence-electron chi connectivity index (χ4n) is 3.98. The molecule has 0 amide bonds. The van der Waals surface area contributed by atoms with Gasteiger partial charge < -0.3 is 0 Å². The molecule has 1 heterocycles. The number of aryl methyl sites for hydroxylation is 2. The molecular formula is C24H38GeN+. The molecule has 1 nitrogen and oxygen atoms in total. The molecule has 2 aromatic rings. The van der Waals surface area contributed by atoms with Crippen LogP contribution in [0.15, 0.2) is 30.5 Å². The molecule has 0 aliphatic rings. The Labute approximate surface area is 164 Å². The average Bonchev–Trinajstić information content (AvgIpc) is 2.56. The molecule has 0 fully saturated rings. The first-order valence-corrected chi connectivity index (χ1v) is 17.6. The van der Waals surface area contributed by atoms with Crippen molar-refractivity contribution in [1.29, 1.82) is 0 Å². The second-order valence-electron chi connectivity index (χ2n) is 9.13. The van der Waals surface area contributed by atoms with Crippen LogP contribution >= 0.6 is 0 Å². The molecule has 1 aromatic carbocycles. The molecule has 0 N–H and O–H groups in total. The van der Waals surface area contributed by atoms with Gasteiger partial charge in [-0.25, -0.2) is 0 Å². The standard InChI is InChI=1S/C24H38GeN/c1-10-19(11-2)20-13-12-18(5)21(14-20)24-15-23(25(6,7)8)22(17(3)4)16-26(24)9/h12-17,19H,10-11H2,1-9H3/q+1. The predicted octanol–water partition coefficient (Wildman–Crippen LogP) is 6.06. The van der Waals surface area contributed by atoms with E-state index in [0.717, 1.165) is 0 Å². The van der Waals surface area contributed by atoms with Crippen LogP contribution in [0.5, 0.6) is 0 Å². The summed E-state index contributed by atoms with van der Waals surface area (Å²) in [7, 11) is 2.21. The second kappa shape index (κ2) is 8.29. The van der Waals surface area contributed by atoms with Gasteiger partial charge in [0.2, 0.25) is 0 Å². The van der Waals surface area contributed by atoms with Gasteiger partial charge in [0.25, 0.3) is 0 Å². The molecule has 142 valence electrons. The molecule has 26 heavy (non-hydrogen) atoms. The first-order chi connectivity index (χ1) is 12.1. The minimum absolute atomic E-state index is 0.576. The van der Waals surface area contributed by atoms with Gasteiger partial charge >= 0.3 is 164 Å². The van der Waals surface area contributed by atoms with Crippen LogP contribution in [0.4, 0.5) is 0 Å². The topological polar surface area (TPSA) is 3.88 Å². The normalized spacial score (nSPS) is 12.3. The number of nitrogens with zero attached hydrogens (tertiary/aromatic N) is 1. The van der Waals surface area contributed by atoms with Gasteiger partial charge in [0.05, 0.1) is 0 Å². The number of hydrogen-bond donors (Lipinski definition) is 0. The van der Waals surface area contributed by atoms with Gasteiger partial charge in [-0.3, -0.25) is 0 Å². The quantitative estimate of drug-likeness (QED) is 0.401. The summed E-state index contributed by atoms with van der Waals surface area (Å²) in [5.74, 6) is 8.77. The van der Waals surface area contributed by atoms with Crippen LogP contribution in [0.1, 0.15) is 69.1 Å². The Morgan fingerprint density at radius 2 is 1.62 bits per heavy atom. The van der Waals surface area contributed by atoms with Gasteiger partial charge in [0.15, 0.2) is 0 Å². The molecular weight excluding hydrogens is 375 g/mol. The molecule has 0 unspecified atom stereocenters. The third-order valence-corrected chi connectivity index (χ3v) is 10.0. The molecule has 0 spiro atoms. The van der Waals surface area contributed by atoms with Gasteiger partial charge in [-0.05, 0) is 0 Å². The molecule has 0 saturated carbocycles. The van der Waals surface area contributed by atoms with Crippen LogP contribution in [-0.4, -0.2) is 13.3 Å². The zero-order valence-corrected chi connectivity index (χ0v) is 20.5. The summed E-state index contributed by atoms with van der Waals surface area (Å²) < 4.78 is 4.01. The first kappa shape index (κ1) is 21.2. The van der Waals surface area contributed by atoms with Crippen LogP contribution in [-0.2, 0) is 7.05 Å². The van der Waals surface area contributed by atoms with E-state index in [1.54, 1.807) is 4.40 Å². The van der Waals surface area contributed by atoms with E-state index in [4.69, 9.17) is 0 Å². The minimum atomic E-state index is -1.95. The van der Waals surface area contributed by atoms with Crippen molar-refractivity contribution >= 4 is 17.7 Å². The van der Waals surface area contributed by atoms with Crippen LogP contribution in [0.3, 0.4) is 0 Å². The van der Waals surface area contributed by atoms with Crippen molar-refractivity contribution in [2.24, 2.45) is 7.05 Å². The van der Waals surface area contributed by atoms with Crippen molar-refractivity contribution in [3.05, 3.63) is 47.2 Å². The Hall–Kier alpha value is -1.09. The summed E-state index contributed by atoms with van der Waals surface area (Å²) in [6.07, 6.45) is 4.81. The van der Waals surface area contributed by atoms with Crippen molar-refractivity contribution in [3.8, 4) is 11.3 Å². The Kier molecular flexibility index (Phi) is 6.77. The zero-order valence-electron chi connectivity index (χ0n) is 18.4. The number of hydrogen-bond acceptors (Lipinski definition) is 0. The Balaban J connectivity index is 2.71. The van der Waals surface area contributed by atoms with E-state index in [1.807, 2.05) is 0 Å². The summed E-state index contributed by atoms with van der Waals surface area (Å²) in [5, 5.41) is 0. The van der Waals surface area contributed by atoms with Gasteiger partial charge in [0.1, 0.15) is 0 Å². The van der Waals surface area contributed by atoms with Crippen LogP contribution in [0.25, 0.3) is 11.3 Å². The van der Waals surface area contributed by atoms with Crippen molar-refractivity contribution in [1.82, 2.24) is 0 Å². The van der Waals surface area contributed by atoms with E-state index < -0.39 is 13.3 Å². The maximum absolute atomic E-state index is 2.52. The Morgan fingerprint density at radius 1 is 1.00 bits per heavy atom. The van der Waals surface area contributed by atoms with E-state index in [2.05, 4.69) is 94.0 Å². The summed E-state index contributed by atoms with van der Waals surface area (Å²) in [5.41, 5.74) is 7.18. The zero-order chi connectivity index (χ0) is 19.6. The molecule has 1 aromatic heterocycles. The monoisotopic (exact) mass is 414 g/mol. The fraction of sp³-hybridized carbons (Fsp3) is 0.542. The molecule has 0 aliphatic carbocycles. The third-order valence-electron chi connectivity index (χ3n) is 5.73. The maximum atomic E-state index is 2.52. The fourth-order valence-corrected chi connectivity index (χ4v) is 7.73. The number of rotatable bonds is 6. The van der Waals surface area contributed by atoms with Crippen LogP contribution in [0, 0.1) is 6.92 Å². The molecule has 0 radical (unpaired) electrons. The van der Waals surface area contributed by atoms with E-state index in [0.29, 0.717) is 11.8 Å². The summed E-state index contributed by atoms with van der Waals surface area (Å²) >= 11 is -1.95. The van der Waals surface area contributed by atoms with E-state index in [-0.39, 0.29) is 0 Å². The predicted molar refractivity (Wildman–Crippen MR) is 118 cm³/mol. The number of benzene rings is 1. The molecule has 0 bridgehead atoms. The third kappa shape index (κ3) is 4.42. The van der Waals surface area contributed by atoms with E-state index >= 15 is 0 Å². The van der Waals surface area contributed by atoms with Crippen molar-refractivity contribution in [3.63, 3.8) is 0 Å². The van der Waals surface area contributed by atoms with Crippen molar-refractivity contribution in [2.45, 2.75) is 76.6 Å².